The molecule has 1 N–H and O–H groups in total. The highest BCUT2D eigenvalue weighted by atomic mass is 16.5. The average Bonchev–Trinajstić information content (AvgIpc) is 3.20. The average molecular weight is 449 g/mol. The van der Waals surface area contributed by atoms with Crippen LogP contribution < -0.4 is 24.4 Å². The molecule has 0 aromatic heterocycles. The summed E-state index contributed by atoms with van der Waals surface area (Å²) in [6.07, 6.45) is 2.20. The predicted molar refractivity (Wildman–Crippen MR) is 123 cm³/mol. The topological polar surface area (TPSA) is 83.6 Å². The third kappa shape index (κ3) is 5.83. The maximum absolute atomic E-state index is 12.6. The molecule has 1 aromatic carbocycles. The Morgan fingerprint density at radius 3 is 2.28 bits per heavy atom. The normalized spacial score (nSPS) is 19.8. The summed E-state index contributed by atoms with van der Waals surface area (Å²) in [5, 5.41) is 3.01. The van der Waals surface area contributed by atoms with Crippen molar-refractivity contribution >= 4 is 17.5 Å². The number of carbonyl (C=O) groups is 2. The van der Waals surface area contributed by atoms with E-state index in [9.17, 15) is 9.59 Å². The van der Waals surface area contributed by atoms with Crippen LogP contribution in [0.25, 0.3) is 0 Å². The zero-order chi connectivity index (χ0) is 23.1. The summed E-state index contributed by atoms with van der Waals surface area (Å²) in [5.41, 5.74) is 0.631. The van der Waals surface area contributed by atoms with Gasteiger partial charge in [-0.2, -0.15) is 0 Å². The number of likely N-dealkylation sites (N-methyl/N-ethyl adjacent to an activating group) is 1. The molecule has 0 radical (unpaired) electrons. The summed E-state index contributed by atoms with van der Waals surface area (Å²) in [5.74, 6) is 0.906. The monoisotopic (exact) mass is 448 g/mol. The summed E-state index contributed by atoms with van der Waals surface area (Å²) in [7, 11) is 6.76. The number of piperazine rings is 1. The van der Waals surface area contributed by atoms with E-state index in [0.717, 1.165) is 45.6 Å². The summed E-state index contributed by atoms with van der Waals surface area (Å²) < 4.78 is 16.1. The Morgan fingerprint density at radius 1 is 1.03 bits per heavy atom. The van der Waals surface area contributed by atoms with Crippen LogP contribution in [0.3, 0.4) is 0 Å². The molecule has 2 aliphatic rings. The van der Waals surface area contributed by atoms with Crippen molar-refractivity contribution in [2.24, 2.45) is 5.92 Å². The van der Waals surface area contributed by atoms with E-state index >= 15 is 0 Å². The minimum atomic E-state index is -0.362. The third-order valence-corrected chi connectivity index (χ3v) is 6.25. The van der Waals surface area contributed by atoms with Crippen molar-refractivity contribution in [2.75, 3.05) is 79.1 Å². The van der Waals surface area contributed by atoms with Gasteiger partial charge >= 0.3 is 0 Å². The Labute approximate surface area is 190 Å². The smallest absolute Gasteiger partial charge is 0.227 e. The van der Waals surface area contributed by atoms with Gasteiger partial charge in [0.25, 0.3) is 0 Å². The lowest BCUT2D eigenvalue weighted by Gasteiger charge is -2.32. The van der Waals surface area contributed by atoms with Gasteiger partial charge in [-0.1, -0.05) is 0 Å². The Balaban J connectivity index is 1.48. The van der Waals surface area contributed by atoms with E-state index in [1.165, 1.54) is 21.3 Å². The van der Waals surface area contributed by atoms with E-state index in [4.69, 9.17) is 14.2 Å². The summed E-state index contributed by atoms with van der Waals surface area (Å²) in [4.78, 5) is 31.7. The van der Waals surface area contributed by atoms with Crippen LogP contribution in [0.15, 0.2) is 12.1 Å². The molecule has 0 saturated carbocycles. The molecule has 2 heterocycles. The van der Waals surface area contributed by atoms with Crippen molar-refractivity contribution < 1.29 is 23.8 Å². The predicted octanol–water partition coefficient (Wildman–Crippen LogP) is 1.21. The van der Waals surface area contributed by atoms with Crippen molar-refractivity contribution in [1.82, 2.24) is 15.1 Å². The van der Waals surface area contributed by atoms with E-state index in [1.54, 1.807) is 17.0 Å². The van der Waals surface area contributed by atoms with Crippen molar-refractivity contribution in [3.05, 3.63) is 12.1 Å². The minimum Gasteiger partial charge on any atom is -0.493 e. The molecule has 9 nitrogen and oxygen atoms in total. The number of anilines is 1. The van der Waals surface area contributed by atoms with Crippen LogP contribution in [0.4, 0.5) is 5.69 Å². The number of amides is 2. The Bertz CT molecular complexity index is 770. The van der Waals surface area contributed by atoms with Gasteiger partial charge in [-0.15, -0.1) is 0 Å². The number of hydrogen-bond donors (Lipinski definition) is 1. The molecule has 1 unspecified atom stereocenters. The largest absolute Gasteiger partial charge is 0.493 e. The number of carbonyl (C=O) groups excluding carboxylic acids is 2. The molecule has 9 heteroatoms. The van der Waals surface area contributed by atoms with Crippen LogP contribution in [0.1, 0.15) is 19.3 Å². The second-order valence-corrected chi connectivity index (χ2v) is 8.43. The fourth-order valence-corrected chi connectivity index (χ4v) is 4.24. The van der Waals surface area contributed by atoms with Gasteiger partial charge in [-0.3, -0.25) is 9.59 Å². The second-order valence-electron chi connectivity index (χ2n) is 8.43. The van der Waals surface area contributed by atoms with Gasteiger partial charge in [0, 0.05) is 57.8 Å². The van der Waals surface area contributed by atoms with E-state index in [-0.39, 0.29) is 24.2 Å². The first-order valence-corrected chi connectivity index (χ1v) is 11.3. The van der Waals surface area contributed by atoms with Crippen molar-refractivity contribution in [3.8, 4) is 17.2 Å². The van der Waals surface area contributed by atoms with Gasteiger partial charge in [0.2, 0.25) is 17.6 Å². The molecule has 2 aliphatic heterocycles. The van der Waals surface area contributed by atoms with Crippen LogP contribution in [-0.4, -0.2) is 95.8 Å². The van der Waals surface area contributed by atoms with Crippen molar-refractivity contribution in [2.45, 2.75) is 19.3 Å². The lowest BCUT2D eigenvalue weighted by molar-refractivity contribution is -0.126. The number of unbranched alkanes of at least 4 members (excludes halogenated alkanes) is 1. The van der Waals surface area contributed by atoms with Gasteiger partial charge in [0.15, 0.2) is 11.5 Å². The zero-order valence-corrected chi connectivity index (χ0v) is 19.7. The third-order valence-electron chi connectivity index (χ3n) is 6.25. The first kappa shape index (κ1) is 24.1. The van der Waals surface area contributed by atoms with Crippen LogP contribution in [-0.2, 0) is 9.59 Å². The van der Waals surface area contributed by atoms with E-state index in [2.05, 4.69) is 22.2 Å². The summed E-state index contributed by atoms with van der Waals surface area (Å²) in [6, 6.07) is 3.47. The summed E-state index contributed by atoms with van der Waals surface area (Å²) in [6.45, 7) is 6.52. The highest BCUT2D eigenvalue weighted by molar-refractivity contribution is 6.00. The number of rotatable bonds is 10. The standard InChI is InChI=1S/C23H36N4O5/c1-25-9-11-26(12-10-25)8-6-5-7-24-23(29)17-13-21(28)27(16-17)18-14-19(30-2)22(32-4)20(15-18)31-3/h14-15,17H,5-13,16H2,1-4H3,(H,24,29). The maximum Gasteiger partial charge on any atom is 0.227 e. The molecule has 2 saturated heterocycles. The Kier molecular flexibility index (Phi) is 8.58. The van der Waals surface area contributed by atoms with E-state index < -0.39 is 0 Å². The number of nitrogens with one attached hydrogen (secondary N) is 1. The highest BCUT2D eigenvalue weighted by Gasteiger charge is 2.35. The number of hydrogen-bond acceptors (Lipinski definition) is 7. The van der Waals surface area contributed by atoms with E-state index in [0.29, 0.717) is 36.0 Å². The lowest BCUT2D eigenvalue weighted by Crippen LogP contribution is -2.44. The lowest BCUT2D eigenvalue weighted by atomic mass is 10.1. The molecule has 2 fully saturated rings. The fourth-order valence-electron chi connectivity index (χ4n) is 4.24. The van der Waals surface area contributed by atoms with Gasteiger partial charge in [0.1, 0.15) is 0 Å². The molecule has 1 aromatic rings. The van der Waals surface area contributed by atoms with E-state index in [1.807, 2.05) is 0 Å². The maximum atomic E-state index is 12.6. The molecule has 0 aliphatic carbocycles. The quantitative estimate of drug-likeness (QED) is 0.539. The molecular weight excluding hydrogens is 412 g/mol. The molecular formula is C23H36N4O5. The van der Waals surface area contributed by atoms with Crippen molar-refractivity contribution in [1.29, 1.82) is 0 Å². The zero-order valence-electron chi connectivity index (χ0n) is 19.7. The van der Waals surface area contributed by atoms with Crippen molar-refractivity contribution in [3.63, 3.8) is 0 Å². The van der Waals surface area contributed by atoms with Crippen LogP contribution in [0.5, 0.6) is 17.2 Å². The summed E-state index contributed by atoms with van der Waals surface area (Å²) >= 11 is 0. The SMILES string of the molecule is COc1cc(N2CC(C(=O)NCCCCN3CCN(C)CC3)CC2=O)cc(OC)c1OC. The Hall–Kier alpha value is -2.52. The van der Waals surface area contributed by atoms with Gasteiger partial charge in [-0.05, 0) is 26.4 Å². The first-order valence-electron chi connectivity index (χ1n) is 11.3. The molecule has 2 amide bonds. The second kappa shape index (κ2) is 11.4. The van der Waals surface area contributed by atoms with Crippen LogP contribution >= 0.6 is 0 Å². The molecule has 0 bridgehead atoms. The highest BCUT2D eigenvalue weighted by Crippen LogP contribution is 2.42. The Morgan fingerprint density at radius 2 is 1.69 bits per heavy atom. The molecule has 3 rings (SSSR count). The molecule has 178 valence electrons. The first-order chi connectivity index (χ1) is 15.5. The number of benzene rings is 1. The molecule has 1 atom stereocenters. The van der Waals surface area contributed by atoms with Crippen LogP contribution in [0.2, 0.25) is 0 Å². The molecule has 0 spiro atoms. The minimum absolute atomic E-state index is 0.0621. The fraction of sp³-hybridized carbons (Fsp3) is 0.652. The van der Waals surface area contributed by atoms with Gasteiger partial charge < -0.3 is 34.2 Å². The van der Waals surface area contributed by atoms with Crippen LogP contribution in [0, 0.1) is 5.92 Å². The number of methoxy groups -OCH3 is 3. The van der Waals surface area contributed by atoms with Gasteiger partial charge in [-0.25, -0.2) is 0 Å². The van der Waals surface area contributed by atoms with Gasteiger partial charge in [0.05, 0.1) is 32.9 Å². The molecule has 32 heavy (non-hydrogen) atoms. The number of nitrogens with zero attached hydrogens (tertiary/aromatic N) is 3. The number of ether oxygens (including phenoxy) is 3.